The van der Waals surface area contributed by atoms with Crippen LogP contribution in [0.4, 0.5) is 10.2 Å². The third-order valence-corrected chi connectivity index (χ3v) is 5.59. The van der Waals surface area contributed by atoms with Crippen LogP contribution in [0.15, 0.2) is 61.1 Å². The van der Waals surface area contributed by atoms with E-state index in [-0.39, 0.29) is 11.7 Å². The largest absolute Gasteiger partial charge is 0.353 e. The molecular formula is C23H21FN6O. The zero-order chi connectivity index (χ0) is 21.4. The Kier molecular flexibility index (Phi) is 4.82. The average Bonchev–Trinajstić information content (AvgIpc) is 3.15. The molecule has 31 heavy (non-hydrogen) atoms. The summed E-state index contributed by atoms with van der Waals surface area (Å²) in [5, 5.41) is 0. The van der Waals surface area contributed by atoms with Gasteiger partial charge < -0.3 is 9.80 Å². The molecule has 3 aromatic heterocycles. The Labute approximate surface area is 178 Å². The molecule has 1 aliphatic rings. The number of fused-ring (bicyclic) bond motifs is 1. The number of benzene rings is 1. The van der Waals surface area contributed by atoms with E-state index in [4.69, 9.17) is 0 Å². The molecule has 0 aliphatic carbocycles. The summed E-state index contributed by atoms with van der Waals surface area (Å²) >= 11 is 0. The van der Waals surface area contributed by atoms with Gasteiger partial charge in [0.25, 0.3) is 5.91 Å². The number of hydrogen-bond acceptors (Lipinski definition) is 5. The van der Waals surface area contributed by atoms with Crippen molar-refractivity contribution in [2.75, 3.05) is 31.1 Å². The molecule has 1 aliphatic heterocycles. The number of imidazole rings is 1. The highest BCUT2D eigenvalue weighted by Crippen LogP contribution is 2.23. The molecule has 1 fully saturated rings. The Bertz CT molecular complexity index is 1240. The predicted octanol–water partition coefficient (Wildman–Crippen LogP) is 3.20. The van der Waals surface area contributed by atoms with E-state index in [9.17, 15) is 9.18 Å². The first-order valence-electron chi connectivity index (χ1n) is 10.2. The van der Waals surface area contributed by atoms with Crippen molar-refractivity contribution in [3.8, 4) is 11.3 Å². The molecule has 0 bridgehead atoms. The van der Waals surface area contributed by atoms with Crippen LogP contribution in [0.3, 0.4) is 0 Å². The molecule has 156 valence electrons. The standard InChI is InChI=1S/C23H21FN6O/c1-16-22(30-9-3-2-4-20(30)27-16)23(31)29-12-10-28(11-13-29)21-14-19(25-15-26-21)17-5-7-18(24)8-6-17/h2-9,14-15H,10-13H2,1H3. The second-order valence-corrected chi connectivity index (χ2v) is 7.52. The molecule has 1 aromatic carbocycles. The topological polar surface area (TPSA) is 66.6 Å². The fraction of sp³-hybridized carbons (Fsp3) is 0.217. The number of halogens is 1. The number of aryl methyl sites for hydroxylation is 1. The van der Waals surface area contributed by atoms with E-state index in [1.54, 1.807) is 12.1 Å². The lowest BCUT2D eigenvalue weighted by molar-refractivity contribution is 0.0738. The van der Waals surface area contributed by atoms with Gasteiger partial charge in [0, 0.05) is 44.0 Å². The molecular weight excluding hydrogens is 395 g/mol. The molecule has 0 saturated carbocycles. The first-order chi connectivity index (χ1) is 15.1. The van der Waals surface area contributed by atoms with Crippen molar-refractivity contribution in [2.24, 2.45) is 0 Å². The van der Waals surface area contributed by atoms with Gasteiger partial charge in [0.05, 0.1) is 11.4 Å². The summed E-state index contributed by atoms with van der Waals surface area (Å²) in [5.74, 6) is 0.512. The molecule has 0 unspecified atom stereocenters. The SMILES string of the molecule is Cc1nc2ccccn2c1C(=O)N1CCN(c2cc(-c3ccc(F)cc3)ncn2)CC1. The van der Waals surface area contributed by atoms with Gasteiger partial charge in [-0.25, -0.2) is 19.3 Å². The normalized spacial score (nSPS) is 14.3. The lowest BCUT2D eigenvalue weighted by Crippen LogP contribution is -2.49. The van der Waals surface area contributed by atoms with Crippen molar-refractivity contribution in [3.63, 3.8) is 0 Å². The molecule has 5 rings (SSSR count). The number of rotatable bonds is 3. The molecule has 8 heteroatoms. The fourth-order valence-electron chi connectivity index (χ4n) is 3.96. The van der Waals surface area contributed by atoms with Gasteiger partial charge in [-0.05, 0) is 43.3 Å². The van der Waals surface area contributed by atoms with E-state index in [1.807, 2.05) is 46.7 Å². The lowest BCUT2D eigenvalue weighted by Gasteiger charge is -2.35. The van der Waals surface area contributed by atoms with Crippen molar-refractivity contribution >= 4 is 17.4 Å². The lowest BCUT2D eigenvalue weighted by atomic mass is 10.1. The third kappa shape index (κ3) is 3.61. The highest BCUT2D eigenvalue weighted by Gasteiger charge is 2.26. The van der Waals surface area contributed by atoms with Crippen molar-refractivity contribution in [1.82, 2.24) is 24.3 Å². The Hall–Kier alpha value is -3.81. The van der Waals surface area contributed by atoms with Crippen molar-refractivity contribution in [1.29, 1.82) is 0 Å². The van der Waals surface area contributed by atoms with Gasteiger partial charge in [-0.15, -0.1) is 0 Å². The van der Waals surface area contributed by atoms with E-state index >= 15 is 0 Å². The molecule has 1 saturated heterocycles. The van der Waals surface area contributed by atoms with Crippen LogP contribution in [0.1, 0.15) is 16.2 Å². The summed E-state index contributed by atoms with van der Waals surface area (Å²) < 4.78 is 15.1. The van der Waals surface area contributed by atoms with E-state index in [0.717, 1.165) is 28.4 Å². The monoisotopic (exact) mass is 416 g/mol. The van der Waals surface area contributed by atoms with Gasteiger partial charge in [-0.3, -0.25) is 9.20 Å². The summed E-state index contributed by atoms with van der Waals surface area (Å²) in [6, 6.07) is 13.9. The van der Waals surface area contributed by atoms with Crippen LogP contribution in [0.25, 0.3) is 16.9 Å². The van der Waals surface area contributed by atoms with Crippen LogP contribution in [0, 0.1) is 12.7 Å². The molecule has 7 nitrogen and oxygen atoms in total. The van der Waals surface area contributed by atoms with Gasteiger partial charge in [-0.2, -0.15) is 0 Å². The van der Waals surface area contributed by atoms with Crippen LogP contribution in [-0.4, -0.2) is 56.3 Å². The number of carbonyl (C=O) groups excluding carboxylic acids is 1. The number of amides is 1. The number of aromatic nitrogens is 4. The molecule has 0 atom stereocenters. The van der Waals surface area contributed by atoms with E-state index in [2.05, 4.69) is 19.9 Å². The first kappa shape index (κ1) is 19.2. The van der Waals surface area contributed by atoms with Gasteiger partial charge in [0.1, 0.15) is 29.3 Å². The average molecular weight is 416 g/mol. The van der Waals surface area contributed by atoms with Crippen LogP contribution >= 0.6 is 0 Å². The van der Waals surface area contributed by atoms with E-state index in [1.165, 1.54) is 18.5 Å². The summed E-state index contributed by atoms with van der Waals surface area (Å²) in [6.45, 7) is 4.39. The quantitative estimate of drug-likeness (QED) is 0.513. The van der Waals surface area contributed by atoms with Crippen LogP contribution in [-0.2, 0) is 0 Å². The minimum atomic E-state index is -0.278. The summed E-state index contributed by atoms with van der Waals surface area (Å²) in [7, 11) is 0. The van der Waals surface area contributed by atoms with Gasteiger partial charge >= 0.3 is 0 Å². The number of piperazine rings is 1. The molecule has 0 radical (unpaired) electrons. The van der Waals surface area contributed by atoms with E-state index in [0.29, 0.717) is 31.9 Å². The van der Waals surface area contributed by atoms with Crippen LogP contribution in [0.2, 0.25) is 0 Å². The number of anilines is 1. The summed E-state index contributed by atoms with van der Waals surface area (Å²) in [4.78, 5) is 30.4. The minimum Gasteiger partial charge on any atom is -0.353 e. The third-order valence-electron chi connectivity index (χ3n) is 5.59. The maximum absolute atomic E-state index is 13.2. The highest BCUT2D eigenvalue weighted by atomic mass is 19.1. The van der Waals surface area contributed by atoms with Gasteiger partial charge in [0.15, 0.2) is 0 Å². The Morgan fingerprint density at radius 1 is 1.00 bits per heavy atom. The Morgan fingerprint density at radius 2 is 1.77 bits per heavy atom. The van der Waals surface area contributed by atoms with Crippen molar-refractivity contribution in [2.45, 2.75) is 6.92 Å². The molecule has 4 aromatic rings. The Morgan fingerprint density at radius 3 is 2.55 bits per heavy atom. The number of carbonyl (C=O) groups is 1. The minimum absolute atomic E-state index is 0.00876. The maximum Gasteiger partial charge on any atom is 0.272 e. The maximum atomic E-state index is 13.2. The second kappa shape index (κ2) is 7.79. The van der Waals surface area contributed by atoms with Crippen LogP contribution in [0.5, 0.6) is 0 Å². The molecule has 4 heterocycles. The van der Waals surface area contributed by atoms with Crippen molar-refractivity contribution in [3.05, 3.63) is 78.3 Å². The van der Waals surface area contributed by atoms with Gasteiger partial charge in [-0.1, -0.05) is 6.07 Å². The summed E-state index contributed by atoms with van der Waals surface area (Å²) in [5.41, 5.74) is 3.70. The number of pyridine rings is 1. The van der Waals surface area contributed by atoms with Crippen LogP contribution < -0.4 is 4.90 Å². The van der Waals surface area contributed by atoms with Crippen molar-refractivity contribution < 1.29 is 9.18 Å². The number of nitrogens with zero attached hydrogens (tertiary/aromatic N) is 6. The molecule has 1 amide bonds. The highest BCUT2D eigenvalue weighted by molar-refractivity contribution is 5.94. The summed E-state index contributed by atoms with van der Waals surface area (Å²) in [6.07, 6.45) is 3.39. The zero-order valence-electron chi connectivity index (χ0n) is 17.1. The smallest absolute Gasteiger partial charge is 0.272 e. The molecule has 0 N–H and O–H groups in total. The Balaban J connectivity index is 1.31. The second-order valence-electron chi connectivity index (χ2n) is 7.52. The predicted molar refractivity (Wildman–Crippen MR) is 115 cm³/mol. The first-order valence-corrected chi connectivity index (χ1v) is 10.2. The zero-order valence-corrected chi connectivity index (χ0v) is 17.1. The molecule has 0 spiro atoms. The fourth-order valence-corrected chi connectivity index (χ4v) is 3.96. The number of hydrogen-bond donors (Lipinski definition) is 0. The van der Waals surface area contributed by atoms with Gasteiger partial charge in [0.2, 0.25) is 0 Å². The van der Waals surface area contributed by atoms with E-state index < -0.39 is 0 Å².